The molecule has 0 aliphatic rings. The van der Waals surface area contributed by atoms with Crippen LogP contribution in [0.1, 0.15) is 11.1 Å². The predicted octanol–water partition coefficient (Wildman–Crippen LogP) is 4.84. The second kappa shape index (κ2) is 19.7. The zero-order valence-electron chi connectivity index (χ0n) is 28.1. The highest BCUT2D eigenvalue weighted by molar-refractivity contribution is 7.95. The molecule has 8 N–H and O–H groups in total. The first-order valence-corrected chi connectivity index (χ1v) is 23.5. The smallest absolute Gasteiger partial charge is 0.282 e. The number of hydrogen-bond donors (Lipinski definition) is 8. The van der Waals surface area contributed by atoms with Crippen molar-refractivity contribution in [3.63, 3.8) is 0 Å². The van der Waals surface area contributed by atoms with Crippen molar-refractivity contribution in [2.24, 2.45) is 0 Å². The van der Waals surface area contributed by atoms with Gasteiger partial charge < -0.3 is 0 Å². The minimum absolute atomic E-state index is 0.0528. The lowest BCUT2D eigenvalue weighted by Crippen LogP contribution is -2.06. The standard InChI is InChI=1S/C14H14O12S4.C12H10O12S4/c1-7-11(27-25-23-15)3-9(5-13(7)29(17,18)19)10-4-12(28-26-24-16)8(2)14(6-10)30(20,21)22;13-23-24-25-11-5-7(26(14,15)16)1-3-9(11)10-4-2-8(27(17,18)19)6-12(10)28(20,21)22/h3-6,15-16H,1-2H3,(H,17,18,19)(H,20,21,22);1-6,13H,(H,14,15,16)(H,17,18,19)(H,20,21,22). The highest BCUT2D eigenvalue weighted by atomic mass is 32.2. The van der Waals surface area contributed by atoms with E-state index >= 15 is 0 Å². The average Bonchev–Trinajstić information content (AvgIpc) is 3.11. The molecule has 0 saturated heterocycles. The van der Waals surface area contributed by atoms with E-state index in [0.717, 1.165) is 42.5 Å². The fourth-order valence-corrected chi connectivity index (χ4v) is 9.72. The summed E-state index contributed by atoms with van der Waals surface area (Å²) in [6, 6.07) is 9.78. The summed E-state index contributed by atoms with van der Waals surface area (Å²) in [5, 5.41) is 35.4. The average molecular weight is 977 g/mol. The van der Waals surface area contributed by atoms with Crippen molar-refractivity contribution in [3.8, 4) is 22.3 Å². The molecule has 320 valence electrons. The third-order valence-electron chi connectivity index (χ3n) is 7.05. The molecule has 24 nitrogen and oxygen atoms in total. The Morgan fingerprint density at radius 3 is 1.10 bits per heavy atom. The van der Waals surface area contributed by atoms with E-state index < -0.39 is 75.1 Å². The monoisotopic (exact) mass is 976 g/mol. The van der Waals surface area contributed by atoms with Gasteiger partial charge in [0.15, 0.2) is 0 Å². The zero-order valence-corrected chi connectivity index (χ0v) is 34.7. The largest absolute Gasteiger partial charge is 0.295 e. The van der Waals surface area contributed by atoms with E-state index in [1.807, 2.05) is 0 Å². The molecule has 0 radical (unpaired) electrons. The van der Waals surface area contributed by atoms with Crippen LogP contribution in [0.4, 0.5) is 0 Å². The molecule has 0 aliphatic heterocycles. The Bertz CT molecular complexity index is 2650. The van der Waals surface area contributed by atoms with Gasteiger partial charge in [-0.3, -0.25) is 22.8 Å². The molecule has 32 heteroatoms. The van der Waals surface area contributed by atoms with Gasteiger partial charge in [-0.25, -0.2) is 15.8 Å². The van der Waals surface area contributed by atoms with Gasteiger partial charge in [0.25, 0.3) is 50.6 Å². The fraction of sp³-hybridized carbons (Fsp3) is 0.0769. The van der Waals surface area contributed by atoms with E-state index in [9.17, 15) is 55.7 Å². The van der Waals surface area contributed by atoms with Crippen molar-refractivity contribution >= 4 is 86.7 Å². The molecule has 0 saturated carbocycles. The highest BCUT2D eigenvalue weighted by Crippen LogP contribution is 2.40. The van der Waals surface area contributed by atoms with Crippen LogP contribution in [0.3, 0.4) is 0 Å². The lowest BCUT2D eigenvalue weighted by Gasteiger charge is -2.14. The van der Waals surface area contributed by atoms with Crippen molar-refractivity contribution < 1.29 is 109 Å². The van der Waals surface area contributed by atoms with Crippen LogP contribution in [-0.4, -0.2) is 80.6 Å². The maximum absolute atomic E-state index is 11.8. The summed E-state index contributed by atoms with van der Waals surface area (Å²) in [6.07, 6.45) is 0. The molecule has 0 atom stereocenters. The van der Waals surface area contributed by atoms with Crippen LogP contribution in [-0.2, 0) is 78.7 Å². The fourth-order valence-electron chi connectivity index (χ4n) is 4.58. The maximum atomic E-state index is 11.8. The van der Waals surface area contributed by atoms with Gasteiger partial charge in [-0.1, -0.05) is 27.2 Å². The molecule has 0 heterocycles. The quantitative estimate of drug-likeness (QED) is 0.0322. The molecule has 0 spiro atoms. The summed E-state index contributed by atoms with van der Waals surface area (Å²) in [5.41, 5.74) is -0.179. The van der Waals surface area contributed by atoms with E-state index in [2.05, 4.69) is 28.1 Å². The van der Waals surface area contributed by atoms with Crippen LogP contribution in [0.15, 0.2) is 99.8 Å². The molecule has 4 aromatic rings. The lowest BCUT2D eigenvalue weighted by atomic mass is 10.0. The molecule has 0 aromatic heterocycles. The number of benzene rings is 4. The summed E-state index contributed by atoms with van der Waals surface area (Å²) in [4.78, 5) is -3.47. The SMILES string of the molecule is Cc1c(SOOO)cc(-c2cc(SOOO)c(C)c(S(=O)(=O)O)c2)cc1S(=O)(=O)O.O=S(=O)(O)c1ccc(-c2ccc(S(=O)(=O)O)cc2S(=O)(=O)O)c(SOOO)c1. The summed E-state index contributed by atoms with van der Waals surface area (Å²) in [5.74, 6) is 0. The normalized spacial score (nSPS) is 12.6. The molecular weight excluding hydrogens is 953 g/mol. The molecule has 58 heavy (non-hydrogen) atoms. The van der Waals surface area contributed by atoms with Gasteiger partial charge in [0.2, 0.25) is 0 Å². The first kappa shape index (κ1) is 49.5. The second-order valence-electron chi connectivity index (χ2n) is 10.6. The van der Waals surface area contributed by atoms with Gasteiger partial charge in [-0.05, 0) is 90.2 Å². The summed E-state index contributed by atoms with van der Waals surface area (Å²) >= 11 is 1.05. The Kier molecular flexibility index (Phi) is 16.8. The molecule has 0 unspecified atom stereocenters. The van der Waals surface area contributed by atoms with E-state index in [0.29, 0.717) is 30.2 Å². The van der Waals surface area contributed by atoms with E-state index in [4.69, 9.17) is 24.9 Å². The van der Waals surface area contributed by atoms with Crippen LogP contribution in [0, 0.1) is 13.8 Å². The van der Waals surface area contributed by atoms with E-state index in [-0.39, 0.29) is 60.1 Å². The van der Waals surface area contributed by atoms with Gasteiger partial charge in [0.05, 0.1) is 55.7 Å². The highest BCUT2D eigenvalue weighted by Gasteiger charge is 2.25. The van der Waals surface area contributed by atoms with Crippen LogP contribution >= 0.6 is 36.1 Å². The molecule has 0 fully saturated rings. The van der Waals surface area contributed by atoms with Gasteiger partial charge in [0.1, 0.15) is 4.90 Å². The van der Waals surface area contributed by atoms with Crippen molar-refractivity contribution in [2.45, 2.75) is 53.0 Å². The van der Waals surface area contributed by atoms with Gasteiger partial charge >= 0.3 is 0 Å². The summed E-state index contributed by atoms with van der Waals surface area (Å²) < 4.78 is 175. The van der Waals surface area contributed by atoms with E-state index in [1.54, 1.807) is 0 Å². The Hall–Kier alpha value is -2.88. The van der Waals surface area contributed by atoms with Gasteiger partial charge in [-0.15, -0.1) is 13.0 Å². The van der Waals surface area contributed by atoms with Crippen molar-refractivity contribution in [1.82, 2.24) is 0 Å². The lowest BCUT2D eigenvalue weighted by molar-refractivity contribution is -0.432. The summed E-state index contributed by atoms with van der Waals surface area (Å²) in [7, 11) is -23.9. The first-order chi connectivity index (χ1) is 26.6. The molecule has 0 aliphatic carbocycles. The Morgan fingerprint density at radius 2 is 0.759 bits per heavy atom. The predicted molar refractivity (Wildman–Crippen MR) is 194 cm³/mol. The van der Waals surface area contributed by atoms with Crippen LogP contribution in [0.2, 0.25) is 0 Å². The third kappa shape index (κ3) is 13.1. The molecule has 0 amide bonds. The van der Waals surface area contributed by atoms with E-state index in [1.165, 1.54) is 26.0 Å². The van der Waals surface area contributed by atoms with Crippen LogP contribution < -0.4 is 0 Å². The van der Waals surface area contributed by atoms with Crippen molar-refractivity contribution in [3.05, 3.63) is 71.8 Å². The minimum Gasteiger partial charge on any atom is -0.282 e. The van der Waals surface area contributed by atoms with Gasteiger partial charge in [0, 0.05) is 20.2 Å². The number of hydrogen-bond acceptors (Lipinski definition) is 22. The number of rotatable bonds is 16. The second-order valence-corrected chi connectivity index (χ2v) is 19.8. The van der Waals surface area contributed by atoms with Crippen molar-refractivity contribution in [2.75, 3.05) is 0 Å². The zero-order chi connectivity index (χ0) is 44.0. The summed E-state index contributed by atoms with van der Waals surface area (Å²) in [6.45, 7) is 2.70. The van der Waals surface area contributed by atoms with Crippen LogP contribution in [0.5, 0.6) is 0 Å². The van der Waals surface area contributed by atoms with Gasteiger partial charge in [-0.2, -0.15) is 42.1 Å². The van der Waals surface area contributed by atoms with Crippen molar-refractivity contribution in [1.29, 1.82) is 0 Å². The minimum atomic E-state index is -5.01. The third-order valence-corrected chi connectivity index (χ3v) is 13.7. The molecule has 4 rings (SSSR count). The molecule has 4 aromatic carbocycles. The Morgan fingerprint density at radius 1 is 0.414 bits per heavy atom. The first-order valence-electron chi connectivity index (χ1n) is 14.0. The molecule has 0 bridgehead atoms. The topological polar surface area (TPSA) is 388 Å². The van der Waals surface area contributed by atoms with Crippen LogP contribution in [0.25, 0.3) is 22.3 Å². The Labute approximate surface area is 340 Å². The Balaban J connectivity index is 0.000000311. The maximum Gasteiger partial charge on any atom is 0.295 e. The molecular formula is C26H24O24S8.